The van der Waals surface area contributed by atoms with Gasteiger partial charge in [0.15, 0.2) is 5.17 Å². The molecule has 1 rings (SSSR count). The van der Waals surface area contributed by atoms with E-state index in [9.17, 15) is 0 Å². The predicted molar refractivity (Wildman–Crippen MR) is 61.4 cm³/mol. The third-order valence-electron chi connectivity index (χ3n) is 1.93. The van der Waals surface area contributed by atoms with E-state index in [0.29, 0.717) is 12.0 Å². The summed E-state index contributed by atoms with van der Waals surface area (Å²) in [4.78, 5) is 4.64. The Bertz CT molecular complexity index is 203. The first kappa shape index (κ1) is 10.9. The fourth-order valence-electron chi connectivity index (χ4n) is 1.12. The lowest BCUT2D eigenvalue weighted by molar-refractivity contribution is 0.507. The van der Waals surface area contributed by atoms with Crippen molar-refractivity contribution in [2.45, 2.75) is 46.2 Å². The normalized spacial score (nSPS) is 23.5. The van der Waals surface area contributed by atoms with Crippen LogP contribution in [0, 0.1) is 5.92 Å². The molecule has 76 valence electrons. The molecule has 0 bridgehead atoms. The van der Waals surface area contributed by atoms with Crippen molar-refractivity contribution in [2.75, 3.05) is 5.75 Å². The molecule has 1 aliphatic rings. The van der Waals surface area contributed by atoms with Crippen LogP contribution in [0.15, 0.2) is 4.99 Å². The second-order valence-electron chi connectivity index (χ2n) is 4.93. The van der Waals surface area contributed by atoms with E-state index < -0.39 is 0 Å². The van der Waals surface area contributed by atoms with Crippen molar-refractivity contribution >= 4 is 16.9 Å². The van der Waals surface area contributed by atoms with Gasteiger partial charge in [-0.15, -0.1) is 0 Å². The molecule has 1 aliphatic heterocycles. The molecule has 0 saturated heterocycles. The Morgan fingerprint density at radius 1 is 1.46 bits per heavy atom. The van der Waals surface area contributed by atoms with Crippen LogP contribution in [0.1, 0.15) is 34.6 Å². The number of hydrogen-bond acceptors (Lipinski definition) is 3. The zero-order valence-corrected chi connectivity index (χ0v) is 10.0. The quantitative estimate of drug-likeness (QED) is 0.703. The Morgan fingerprint density at radius 2 is 2.08 bits per heavy atom. The summed E-state index contributed by atoms with van der Waals surface area (Å²) in [5.41, 5.74) is 0.137. The molecular formula is C10H20N2S. The smallest absolute Gasteiger partial charge is 0.157 e. The molecule has 0 aromatic carbocycles. The van der Waals surface area contributed by atoms with Crippen molar-refractivity contribution < 1.29 is 0 Å². The largest absolute Gasteiger partial charge is 0.360 e. The molecule has 1 atom stereocenters. The monoisotopic (exact) mass is 200 g/mol. The van der Waals surface area contributed by atoms with Gasteiger partial charge in [0, 0.05) is 11.3 Å². The minimum atomic E-state index is 0.137. The van der Waals surface area contributed by atoms with E-state index in [0.717, 1.165) is 10.9 Å². The maximum absolute atomic E-state index is 4.64. The fraction of sp³-hybridized carbons (Fsp3) is 0.900. The molecular weight excluding hydrogens is 180 g/mol. The van der Waals surface area contributed by atoms with E-state index in [1.165, 1.54) is 0 Å². The van der Waals surface area contributed by atoms with E-state index in [1.807, 2.05) is 11.8 Å². The fourth-order valence-corrected chi connectivity index (χ4v) is 2.50. The molecule has 0 aromatic heterocycles. The molecule has 1 heterocycles. The van der Waals surface area contributed by atoms with Gasteiger partial charge in [0.1, 0.15) is 0 Å². The maximum atomic E-state index is 4.64. The summed E-state index contributed by atoms with van der Waals surface area (Å²) in [5.74, 6) is 1.79. The number of hydrogen-bond donors (Lipinski definition) is 1. The Labute approximate surface area is 85.6 Å². The molecule has 1 N–H and O–H groups in total. The summed E-state index contributed by atoms with van der Waals surface area (Å²) < 4.78 is 0. The van der Waals surface area contributed by atoms with Crippen LogP contribution < -0.4 is 5.32 Å². The van der Waals surface area contributed by atoms with Crippen molar-refractivity contribution in [1.29, 1.82) is 0 Å². The van der Waals surface area contributed by atoms with Crippen LogP contribution in [0.2, 0.25) is 0 Å². The Kier molecular flexibility index (Phi) is 3.28. The molecule has 1 unspecified atom stereocenters. The summed E-state index contributed by atoms with van der Waals surface area (Å²) in [6, 6.07) is 0.509. The highest BCUT2D eigenvalue weighted by Crippen LogP contribution is 2.23. The SMILES string of the molecule is CC(C)C1CSC(NC(C)(C)C)=N1. The molecule has 0 spiro atoms. The van der Waals surface area contributed by atoms with Crippen molar-refractivity contribution in [3.63, 3.8) is 0 Å². The van der Waals surface area contributed by atoms with Gasteiger partial charge in [-0.1, -0.05) is 25.6 Å². The minimum Gasteiger partial charge on any atom is -0.360 e. The molecule has 0 radical (unpaired) electrons. The van der Waals surface area contributed by atoms with Crippen LogP contribution in [0.5, 0.6) is 0 Å². The van der Waals surface area contributed by atoms with Gasteiger partial charge in [0.25, 0.3) is 0 Å². The Morgan fingerprint density at radius 3 is 2.46 bits per heavy atom. The molecule has 0 saturated carbocycles. The first-order valence-corrected chi connectivity index (χ1v) is 5.86. The summed E-state index contributed by atoms with van der Waals surface area (Å²) in [7, 11) is 0. The lowest BCUT2D eigenvalue weighted by Gasteiger charge is -2.21. The molecule has 0 aliphatic carbocycles. The third-order valence-corrected chi connectivity index (χ3v) is 2.91. The highest BCUT2D eigenvalue weighted by molar-refractivity contribution is 8.14. The van der Waals surface area contributed by atoms with Crippen LogP contribution in [-0.2, 0) is 0 Å². The van der Waals surface area contributed by atoms with Gasteiger partial charge in [-0.2, -0.15) is 0 Å². The predicted octanol–water partition coefficient (Wildman–Crippen LogP) is 2.50. The maximum Gasteiger partial charge on any atom is 0.157 e. The van der Waals surface area contributed by atoms with E-state index in [-0.39, 0.29) is 5.54 Å². The van der Waals surface area contributed by atoms with Gasteiger partial charge < -0.3 is 5.32 Å². The number of amidine groups is 1. The number of nitrogens with one attached hydrogen (secondary N) is 1. The first-order valence-electron chi connectivity index (χ1n) is 4.87. The summed E-state index contributed by atoms with van der Waals surface area (Å²) >= 11 is 1.84. The standard InChI is InChI=1S/C10H20N2S/c1-7(2)8-6-13-9(11-8)12-10(3,4)5/h7-8H,6H2,1-5H3,(H,11,12). The molecule has 0 aromatic rings. The summed E-state index contributed by atoms with van der Waals surface area (Å²) in [5, 5.41) is 4.53. The second-order valence-corrected chi connectivity index (χ2v) is 5.94. The topological polar surface area (TPSA) is 24.4 Å². The Balaban J connectivity index is 2.50. The van der Waals surface area contributed by atoms with Gasteiger partial charge in [0.2, 0.25) is 0 Å². The van der Waals surface area contributed by atoms with Gasteiger partial charge in [-0.05, 0) is 26.7 Å². The molecule has 2 nitrogen and oxygen atoms in total. The van der Waals surface area contributed by atoms with Crippen LogP contribution in [-0.4, -0.2) is 22.5 Å². The van der Waals surface area contributed by atoms with Crippen molar-refractivity contribution in [3.05, 3.63) is 0 Å². The van der Waals surface area contributed by atoms with Gasteiger partial charge in [-0.25, -0.2) is 0 Å². The van der Waals surface area contributed by atoms with Crippen molar-refractivity contribution in [2.24, 2.45) is 10.9 Å². The number of nitrogens with zero attached hydrogens (tertiary/aromatic N) is 1. The van der Waals surface area contributed by atoms with Crippen LogP contribution in [0.4, 0.5) is 0 Å². The van der Waals surface area contributed by atoms with E-state index >= 15 is 0 Å². The lowest BCUT2D eigenvalue weighted by Crippen LogP contribution is -2.38. The second kappa shape index (κ2) is 3.91. The zero-order valence-electron chi connectivity index (χ0n) is 9.22. The molecule has 0 fully saturated rings. The van der Waals surface area contributed by atoms with Crippen LogP contribution >= 0.6 is 11.8 Å². The zero-order chi connectivity index (χ0) is 10.1. The van der Waals surface area contributed by atoms with Crippen LogP contribution in [0.3, 0.4) is 0 Å². The van der Waals surface area contributed by atoms with E-state index in [1.54, 1.807) is 0 Å². The highest BCUT2D eigenvalue weighted by Gasteiger charge is 2.23. The van der Waals surface area contributed by atoms with Gasteiger partial charge >= 0.3 is 0 Å². The van der Waals surface area contributed by atoms with E-state index in [4.69, 9.17) is 0 Å². The minimum absolute atomic E-state index is 0.137. The van der Waals surface area contributed by atoms with Crippen molar-refractivity contribution in [3.8, 4) is 0 Å². The molecule has 0 amide bonds. The van der Waals surface area contributed by atoms with Crippen molar-refractivity contribution in [1.82, 2.24) is 5.32 Å². The summed E-state index contributed by atoms with van der Waals surface area (Å²) in [6.45, 7) is 11.0. The molecule has 13 heavy (non-hydrogen) atoms. The number of thioether (sulfide) groups is 1. The Hall–Kier alpha value is -0.180. The van der Waals surface area contributed by atoms with Gasteiger partial charge in [0.05, 0.1) is 6.04 Å². The third kappa shape index (κ3) is 3.59. The van der Waals surface area contributed by atoms with E-state index in [2.05, 4.69) is 44.9 Å². The lowest BCUT2D eigenvalue weighted by atomic mass is 10.1. The molecule has 3 heteroatoms. The first-order chi connectivity index (χ1) is 5.88. The van der Waals surface area contributed by atoms with Crippen LogP contribution in [0.25, 0.3) is 0 Å². The highest BCUT2D eigenvalue weighted by atomic mass is 32.2. The number of aliphatic imine (C=N–C) groups is 1. The number of rotatable bonds is 1. The summed E-state index contributed by atoms with van der Waals surface area (Å²) in [6.07, 6.45) is 0. The van der Waals surface area contributed by atoms with Gasteiger partial charge in [-0.3, -0.25) is 4.99 Å². The average molecular weight is 200 g/mol. The average Bonchev–Trinajstić information content (AvgIpc) is 2.31.